The number of benzene rings is 1. The number of nitrogens with zero attached hydrogens (tertiary/aromatic N) is 2. The fraction of sp³-hybridized carbons (Fsp3) is 0.273. The maximum atomic E-state index is 5.42. The fourth-order valence-corrected chi connectivity index (χ4v) is 1.51. The van der Waals surface area contributed by atoms with Gasteiger partial charge in [-0.15, -0.1) is 12.4 Å². The number of ether oxygens (including phenoxy) is 2. The Kier molecular flexibility index (Phi) is 4.94. The van der Waals surface area contributed by atoms with Crippen LogP contribution >= 0.6 is 12.4 Å². The van der Waals surface area contributed by atoms with E-state index in [0.29, 0.717) is 28.8 Å². The Morgan fingerprint density at radius 3 is 2.61 bits per heavy atom. The first kappa shape index (κ1) is 14.3. The lowest BCUT2D eigenvalue weighted by molar-refractivity contribution is 0.355. The highest BCUT2D eigenvalue weighted by molar-refractivity contribution is 5.85. The van der Waals surface area contributed by atoms with Crippen molar-refractivity contribution < 1.29 is 14.0 Å². The second-order valence-electron chi connectivity index (χ2n) is 3.26. The molecule has 2 aromatic rings. The van der Waals surface area contributed by atoms with Crippen molar-refractivity contribution in [2.75, 3.05) is 14.2 Å². The Morgan fingerprint density at radius 2 is 2.06 bits per heavy atom. The summed E-state index contributed by atoms with van der Waals surface area (Å²) in [5, 5.41) is 3.84. The van der Waals surface area contributed by atoms with Gasteiger partial charge >= 0.3 is 0 Å². The number of methoxy groups -OCH3 is 2. The van der Waals surface area contributed by atoms with Crippen molar-refractivity contribution in [1.82, 2.24) is 10.1 Å². The van der Waals surface area contributed by atoms with Gasteiger partial charge in [0.2, 0.25) is 11.7 Å². The van der Waals surface area contributed by atoms with Crippen LogP contribution in [0.5, 0.6) is 11.5 Å². The molecule has 0 spiro atoms. The van der Waals surface area contributed by atoms with Crippen LogP contribution in [0.15, 0.2) is 22.7 Å². The van der Waals surface area contributed by atoms with Gasteiger partial charge in [-0.25, -0.2) is 0 Å². The molecule has 98 valence electrons. The first-order valence-corrected chi connectivity index (χ1v) is 5.04. The molecule has 0 aliphatic carbocycles. The highest BCUT2D eigenvalue weighted by Crippen LogP contribution is 2.36. The molecule has 2 N–H and O–H groups in total. The smallest absolute Gasteiger partial charge is 0.240 e. The maximum absolute atomic E-state index is 5.42. The van der Waals surface area contributed by atoms with Crippen LogP contribution < -0.4 is 15.2 Å². The lowest BCUT2D eigenvalue weighted by Crippen LogP contribution is -1.96. The van der Waals surface area contributed by atoms with Crippen molar-refractivity contribution in [3.8, 4) is 22.9 Å². The highest BCUT2D eigenvalue weighted by atomic mass is 35.5. The van der Waals surface area contributed by atoms with Crippen LogP contribution in [-0.4, -0.2) is 24.4 Å². The fourth-order valence-electron chi connectivity index (χ4n) is 1.51. The topological polar surface area (TPSA) is 83.4 Å². The summed E-state index contributed by atoms with van der Waals surface area (Å²) in [4.78, 5) is 4.14. The van der Waals surface area contributed by atoms with E-state index in [9.17, 15) is 0 Å². The standard InChI is InChI=1S/C11H13N3O3.ClH/c1-15-8-5-3-4-7(10(8)16-2)11-13-9(6-12)17-14-11;/h3-5H,6,12H2,1-2H3;1H. The minimum absolute atomic E-state index is 0. The second-order valence-corrected chi connectivity index (χ2v) is 3.26. The van der Waals surface area contributed by atoms with Crippen LogP contribution in [0.1, 0.15) is 5.89 Å². The number of hydrogen-bond donors (Lipinski definition) is 1. The summed E-state index contributed by atoms with van der Waals surface area (Å²) in [6, 6.07) is 5.45. The van der Waals surface area contributed by atoms with Gasteiger partial charge in [-0.2, -0.15) is 4.98 Å². The summed E-state index contributed by atoms with van der Waals surface area (Å²) in [6.07, 6.45) is 0. The van der Waals surface area contributed by atoms with E-state index in [2.05, 4.69) is 10.1 Å². The van der Waals surface area contributed by atoms with Gasteiger partial charge in [0.15, 0.2) is 11.5 Å². The van der Waals surface area contributed by atoms with Crippen molar-refractivity contribution in [1.29, 1.82) is 0 Å². The Hall–Kier alpha value is -1.79. The number of halogens is 1. The van der Waals surface area contributed by atoms with E-state index in [4.69, 9.17) is 19.7 Å². The normalized spacial score (nSPS) is 9.72. The third-order valence-electron chi connectivity index (χ3n) is 2.29. The number of aromatic nitrogens is 2. The lowest BCUT2D eigenvalue weighted by Gasteiger charge is -2.09. The van der Waals surface area contributed by atoms with Gasteiger partial charge in [0.05, 0.1) is 26.3 Å². The molecule has 0 saturated carbocycles. The second kappa shape index (κ2) is 6.23. The van der Waals surface area contributed by atoms with E-state index in [-0.39, 0.29) is 19.0 Å². The van der Waals surface area contributed by atoms with Gasteiger partial charge in [0.1, 0.15) is 0 Å². The SMILES string of the molecule is COc1cccc(-c2noc(CN)n2)c1OC.Cl. The van der Waals surface area contributed by atoms with Crippen LogP contribution in [0.3, 0.4) is 0 Å². The molecule has 0 radical (unpaired) electrons. The average Bonchev–Trinajstić information content (AvgIpc) is 2.86. The molecule has 7 heteroatoms. The van der Waals surface area contributed by atoms with E-state index >= 15 is 0 Å². The minimum atomic E-state index is 0. The van der Waals surface area contributed by atoms with Gasteiger partial charge in [-0.3, -0.25) is 0 Å². The Morgan fingerprint density at radius 1 is 1.28 bits per heavy atom. The van der Waals surface area contributed by atoms with E-state index in [1.165, 1.54) is 0 Å². The van der Waals surface area contributed by atoms with Crippen molar-refractivity contribution in [2.24, 2.45) is 5.73 Å². The predicted molar refractivity (Wildman–Crippen MR) is 68.0 cm³/mol. The molecule has 6 nitrogen and oxygen atoms in total. The molecule has 1 heterocycles. The molecule has 1 aromatic carbocycles. The van der Waals surface area contributed by atoms with Crippen LogP contribution in [0.25, 0.3) is 11.4 Å². The molecule has 0 atom stereocenters. The average molecular weight is 272 g/mol. The van der Waals surface area contributed by atoms with E-state index in [0.717, 1.165) is 0 Å². The van der Waals surface area contributed by atoms with Gasteiger partial charge in [-0.05, 0) is 12.1 Å². The summed E-state index contributed by atoms with van der Waals surface area (Å²) in [7, 11) is 3.13. The number of hydrogen-bond acceptors (Lipinski definition) is 6. The zero-order valence-corrected chi connectivity index (χ0v) is 10.9. The molecule has 18 heavy (non-hydrogen) atoms. The third kappa shape index (κ3) is 2.55. The quantitative estimate of drug-likeness (QED) is 0.910. The molecule has 2 rings (SSSR count). The van der Waals surface area contributed by atoms with E-state index in [1.807, 2.05) is 12.1 Å². The van der Waals surface area contributed by atoms with Gasteiger partial charge in [-0.1, -0.05) is 11.2 Å². The highest BCUT2D eigenvalue weighted by Gasteiger charge is 2.16. The van der Waals surface area contributed by atoms with Crippen LogP contribution in [-0.2, 0) is 6.54 Å². The largest absolute Gasteiger partial charge is 0.493 e. The first-order chi connectivity index (χ1) is 8.30. The van der Waals surface area contributed by atoms with Gasteiger partial charge < -0.3 is 19.7 Å². The summed E-state index contributed by atoms with van der Waals surface area (Å²) in [5.41, 5.74) is 6.12. The molecule has 0 aliphatic heterocycles. The molecule has 0 unspecified atom stereocenters. The zero-order chi connectivity index (χ0) is 12.3. The number of para-hydroxylation sites is 1. The molecule has 0 bridgehead atoms. The summed E-state index contributed by atoms with van der Waals surface area (Å²) >= 11 is 0. The van der Waals surface area contributed by atoms with E-state index < -0.39 is 0 Å². The Bertz CT molecular complexity index is 516. The van der Waals surface area contributed by atoms with Gasteiger partial charge in [0, 0.05) is 0 Å². The summed E-state index contributed by atoms with van der Waals surface area (Å²) < 4.78 is 15.4. The summed E-state index contributed by atoms with van der Waals surface area (Å²) in [6.45, 7) is 0.208. The molecule has 0 aliphatic rings. The molecule has 1 aromatic heterocycles. The first-order valence-electron chi connectivity index (χ1n) is 5.04. The minimum Gasteiger partial charge on any atom is -0.493 e. The molecule has 0 saturated heterocycles. The van der Waals surface area contributed by atoms with Crippen molar-refractivity contribution in [3.05, 3.63) is 24.1 Å². The predicted octanol–water partition coefficient (Wildman–Crippen LogP) is 1.63. The van der Waals surface area contributed by atoms with Crippen molar-refractivity contribution >= 4 is 12.4 Å². The number of rotatable bonds is 4. The van der Waals surface area contributed by atoms with Crippen molar-refractivity contribution in [3.63, 3.8) is 0 Å². The maximum Gasteiger partial charge on any atom is 0.240 e. The summed E-state index contributed by atoms with van der Waals surface area (Å²) in [5.74, 6) is 1.99. The molecule has 0 fully saturated rings. The lowest BCUT2D eigenvalue weighted by atomic mass is 10.1. The van der Waals surface area contributed by atoms with Crippen LogP contribution in [0, 0.1) is 0 Å². The molecular formula is C11H14ClN3O3. The zero-order valence-electron chi connectivity index (χ0n) is 10.0. The Balaban J connectivity index is 0.00000162. The van der Waals surface area contributed by atoms with E-state index in [1.54, 1.807) is 20.3 Å². The van der Waals surface area contributed by atoms with Crippen molar-refractivity contribution in [2.45, 2.75) is 6.54 Å². The van der Waals surface area contributed by atoms with Gasteiger partial charge in [0.25, 0.3) is 0 Å². The monoisotopic (exact) mass is 271 g/mol. The van der Waals surface area contributed by atoms with Crippen LogP contribution in [0.2, 0.25) is 0 Å². The third-order valence-corrected chi connectivity index (χ3v) is 2.29. The Labute approximate surface area is 110 Å². The number of nitrogens with two attached hydrogens (primary N) is 1. The van der Waals surface area contributed by atoms with Crippen LogP contribution in [0.4, 0.5) is 0 Å². The molecular weight excluding hydrogens is 258 g/mol. The molecule has 0 amide bonds.